The molecule has 0 fully saturated rings. The summed E-state index contributed by atoms with van der Waals surface area (Å²) >= 11 is 6.43. The van der Waals surface area contributed by atoms with E-state index >= 15 is 0 Å². The van der Waals surface area contributed by atoms with Crippen LogP contribution in [0.3, 0.4) is 0 Å². The highest BCUT2D eigenvalue weighted by Gasteiger charge is 2.22. The minimum Gasteiger partial charge on any atom is -0.485 e. The summed E-state index contributed by atoms with van der Waals surface area (Å²) in [5, 5.41) is 10.3. The molecule has 0 atom stereocenters. The van der Waals surface area contributed by atoms with Crippen LogP contribution in [0.5, 0.6) is 11.6 Å². The van der Waals surface area contributed by atoms with Crippen molar-refractivity contribution in [2.24, 2.45) is 0 Å². The summed E-state index contributed by atoms with van der Waals surface area (Å²) < 4.78 is 12.4. The van der Waals surface area contributed by atoms with Crippen LogP contribution in [0.4, 0.5) is 0 Å². The van der Waals surface area contributed by atoms with E-state index in [0.29, 0.717) is 34.3 Å². The number of halogens is 1. The van der Waals surface area contributed by atoms with Gasteiger partial charge in [0.1, 0.15) is 23.0 Å². The zero-order valence-electron chi connectivity index (χ0n) is 20.6. The lowest BCUT2D eigenvalue weighted by atomic mass is 10.1. The van der Waals surface area contributed by atoms with Crippen molar-refractivity contribution in [1.29, 1.82) is 0 Å². The zero-order chi connectivity index (χ0) is 26.0. The first-order valence-electron chi connectivity index (χ1n) is 11.2. The molecular weight excluding hydrogens is 482 g/mol. The van der Waals surface area contributed by atoms with E-state index in [-0.39, 0.29) is 23.2 Å². The molecule has 10 heteroatoms. The van der Waals surface area contributed by atoms with Crippen molar-refractivity contribution < 1.29 is 14.6 Å². The Kier molecular flexibility index (Phi) is 7.05. The second kappa shape index (κ2) is 10.0. The second-order valence-corrected chi connectivity index (χ2v) is 9.13. The number of aromatic nitrogens is 5. The van der Waals surface area contributed by atoms with Crippen molar-refractivity contribution in [3.63, 3.8) is 0 Å². The molecule has 0 saturated heterocycles. The SMILES string of the molecule is COc1cccc(COc2cc(C)n(-c3ccnc(-c4nc(C(C)(C)O)ncc4C)c3)c(=O)c2Cl)n1. The van der Waals surface area contributed by atoms with Gasteiger partial charge in [-0.05, 0) is 51.5 Å². The van der Waals surface area contributed by atoms with Gasteiger partial charge in [-0.1, -0.05) is 17.7 Å². The van der Waals surface area contributed by atoms with Gasteiger partial charge in [-0.3, -0.25) is 14.3 Å². The van der Waals surface area contributed by atoms with Gasteiger partial charge >= 0.3 is 0 Å². The Morgan fingerprint density at radius 3 is 2.61 bits per heavy atom. The quantitative estimate of drug-likeness (QED) is 0.396. The van der Waals surface area contributed by atoms with E-state index in [0.717, 1.165) is 5.56 Å². The normalized spacial score (nSPS) is 11.4. The third-order valence-corrected chi connectivity index (χ3v) is 5.78. The summed E-state index contributed by atoms with van der Waals surface area (Å²) in [5.74, 6) is 1.00. The number of aryl methyl sites for hydroxylation is 2. The average molecular weight is 508 g/mol. The largest absolute Gasteiger partial charge is 0.485 e. The predicted molar refractivity (Wildman–Crippen MR) is 136 cm³/mol. The number of aliphatic hydroxyl groups is 1. The molecular formula is C26H26ClN5O4. The summed E-state index contributed by atoms with van der Waals surface area (Å²) in [6, 6.07) is 10.5. The van der Waals surface area contributed by atoms with E-state index in [4.69, 9.17) is 21.1 Å². The Bertz CT molecular complexity index is 1480. The van der Waals surface area contributed by atoms with E-state index in [2.05, 4.69) is 19.9 Å². The highest BCUT2D eigenvalue weighted by molar-refractivity contribution is 6.31. The molecule has 0 unspecified atom stereocenters. The highest BCUT2D eigenvalue weighted by atomic mass is 35.5. The molecule has 0 aliphatic heterocycles. The molecule has 0 saturated carbocycles. The van der Waals surface area contributed by atoms with E-state index in [1.54, 1.807) is 69.6 Å². The van der Waals surface area contributed by atoms with E-state index in [9.17, 15) is 9.90 Å². The molecule has 186 valence electrons. The minimum atomic E-state index is -1.21. The molecule has 1 N–H and O–H groups in total. The number of ether oxygens (including phenoxy) is 2. The first-order valence-corrected chi connectivity index (χ1v) is 11.5. The molecule has 0 aromatic carbocycles. The molecule has 0 aliphatic carbocycles. The van der Waals surface area contributed by atoms with Crippen LogP contribution in [-0.2, 0) is 12.2 Å². The lowest BCUT2D eigenvalue weighted by molar-refractivity contribution is 0.0688. The molecule has 4 heterocycles. The summed E-state index contributed by atoms with van der Waals surface area (Å²) in [5.41, 5.74) is 2.05. The van der Waals surface area contributed by atoms with Gasteiger partial charge in [0, 0.05) is 30.2 Å². The summed E-state index contributed by atoms with van der Waals surface area (Å²) in [6.07, 6.45) is 3.23. The van der Waals surface area contributed by atoms with Crippen molar-refractivity contribution in [3.8, 4) is 28.7 Å². The van der Waals surface area contributed by atoms with Crippen molar-refractivity contribution in [2.45, 2.75) is 39.9 Å². The fraction of sp³-hybridized carbons (Fsp3) is 0.269. The fourth-order valence-electron chi connectivity index (χ4n) is 3.59. The molecule has 4 rings (SSSR count). The summed E-state index contributed by atoms with van der Waals surface area (Å²) in [6.45, 7) is 7.00. The molecule has 0 amide bonds. The van der Waals surface area contributed by atoms with Crippen LogP contribution in [0.25, 0.3) is 17.1 Å². The van der Waals surface area contributed by atoms with Crippen molar-refractivity contribution in [3.05, 3.63) is 86.9 Å². The molecule has 9 nitrogen and oxygen atoms in total. The van der Waals surface area contributed by atoms with Crippen molar-refractivity contribution >= 4 is 11.6 Å². The molecule has 0 aliphatic rings. The first kappa shape index (κ1) is 25.3. The molecule has 4 aromatic heterocycles. The zero-order valence-corrected chi connectivity index (χ0v) is 21.4. The van der Waals surface area contributed by atoms with Crippen LogP contribution in [0.1, 0.15) is 36.6 Å². The van der Waals surface area contributed by atoms with Gasteiger partial charge in [-0.25, -0.2) is 15.0 Å². The van der Waals surface area contributed by atoms with Crippen LogP contribution < -0.4 is 15.0 Å². The van der Waals surface area contributed by atoms with Gasteiger partial charge in [0.15, 0.2) is 5.82 Å². The van der Waals surface area contributed by atoms with Gasteiger partial charge in [-0.15, -0.1) is 0 Å². The average Bonchev–Trinajstić information content (AvgIpc) is 2.85. The number of methoxy groups -OCH3 is 1. The van der Waals surface area contributed by atoms with Crippen molar-refractivity contribution in [1.82, 2.24) is 24.5 Å². The lowest BCUT2D eigenvalue weighted by Crippen LogP contribution is -2.22. The Hall–Kier alpha value is -3.82. The van der Waals surface area contributed by atoms with Crippen LogP contribution in [0.2, 0.25) is 5.02 Å². The third-order valence-electron chi connectivity index (χ3n) is 5.43. The number of hydrogen-bond donors (Lipinski definition) is 1. The Labute approximate surface area is 213 Å². The van der Waals surface area contributed by atoms with Crippen LogP contribution in [0.15, 0.2) is 53.6 Å². The van der Waals surface area contributed by atoms with Gasteiger partial charge in [0.25, 0.3) is 5.56 Å². The number of nitrogens with zero attached hydrogens (tertiary/aromatic N) is 5. The molecule has 4 aromatic rings. The summed E-state index contributed by atoms with van der Waals surface area (Å²) in [7, 11) is 1.54. The van der Waals surface area contributed by atoms with Gasteiger partial charge < -0.3 is 14.6 Å². The fourth-order valence-corrected chi connectivity index (χ4v) is 3.79. The van der Waals surface area contributed by atoms with Gasteiger partial charge in [0.2, 0.25) is 5.88 Å². The number of rotatable bonds is 7. The predicted octanol–water partition coefficient (Wildman–Crippen LogP) is 4.17. The molecule has 0 radical (unpaired) electrons. The molecule has 0 bridgehead atoms. The standard InChI is InChI=1S/C26H26ClN5O4/c1-15-13-29-25(26(3,4)34)31-23(15)19-12-18(9-10-28-19)32-16(2)11-20(22(27)24(32)33)36-14-17-7-6-8-21(30-17)35-5/h6-13,34H,14H2,1-5H3. The highest BCUT2D eigenvalue weighted by Crippen LogP contribution is 2.27. The van der Waals surface area contributed by atoms with Gasteiger partial charge in [-0.2, -0.15) is 0 Å². The number of pyridine rings is 3. The summed E-state index contributed by atoms with van der Waals surface area (Å²) in [4.78, 5) is 30.7. The van der Waals surface area contributed by atoms with Crippen LogP contribution in [0, 0.1) is 13.8 Å². The molecule has 0 spiro atoms. The second-order valence-electron chi connectivity index (χ2n) is 8.75. The maximum absolute atomic E-state index is 13.3. The maximum Gasteiger partial charge on any atom is 0.277 e. The van der Waals surface area contributed by atoms with E-state index in [1.807, 2.05) is 6.92 Å². The van der Waals surface area contributed by atoms with Crippen molar-refractivity contribution in [2.75, 3.05) is 7.11 Å². The maximum atomic E-state index is 13.3. The van der Waals surface area contributed by atoms with Gasteiger partial charge in [0.05, 0.1) is 29.9 Å². The third kappa shape index (κ3) is 5.22. The monoisotopic (exact) mass is 507 g/mol. The topological polar surface area (TPSA) is 112 Å². The van der Waals surface area contributed by atoms with Crippen LogP contribution >= 0.6 is 11.6 Å². The lowest BCUT2D eigenvalue weighted by Gasteiger charge is -2.17. The number of hydrogen-bond acceptors (Lipinski definition) is 8. The first-order chi connectivity index (χ1) is 17.1. The van der Waals surface area contributed by atoms with E-state index < -0.39 is 11.2 Å². The Balaban J connectivity index is 1.69. The molecule has 36 heavy (non-hydrogen) atoms. The van der Waals surface area contributed by atoms with E-state index in [1.165, 1.54) is 11.7 Å². The van der Waals surface area contributed by atoms with Crippen LogP contribution in [-0.4, -0.2) is 36.7 Å². The minimum absolute atomic E-state index is 0.0515. The smallest absolute Gasteiger partial charge is 0.277 e. The Morgan fingerprint density at radius 1 is 1.11 bits per heavy atom. The Morgan fingerprint density at radius 2 is 1.89 bits per heavy atom.